The van der Waals surface area contributed by atoms with E-state index in [0.717, 1.165) is 49.0 Å². The van der Waals surface area contributed by atoms with Crippen LogP contribution in [0.1, 0.15) is 68.3 Å². The third-order valence-corrected chi connectivity index (χ3v) is 6.37. The van der Waals surface area contributed by atoms with E-state index in [9.17, 15) is 0 Å². The van der Waals surface area contributed by atoms with Crippen LogP contribution in [-0.4, -0.2) is 17.0 Å². The number of nitrogens with zero attached hydrogens (tertiary/aromatic N) is 2. The first kappa shape index (κ1) is 21.3. The van der Waals surface area contributed by atoms with Crippen LogP contribution in [0.4, 0.5) is 5.69 Å². The zero-order valence-corrected chi connectivity index (χ0v) is 19.2. The predicted molar refractivity (Wildman–Crippen MR) is 133 cm³/mol. The molecule has 0 aliphatic rings. The van der Waals surface area contributed by atoms with E-state index in [1.165, 1.54) is 32.8 Å². The van der Waals surface area contributed by atoms with Crippen LogP contribution in [0.15, 0.2) is 54.9 Å². The van der Waals surface area contributed by atoms with Crippen molar-refractivity contribution in [2.45, 2.75) is 58.8 Å². The van der Waals surface area contributed by atoms with Crippen molar-refractivity contribution in [1.82, 2.24) is 9.97 Å². The lowest BCUT2D eigenvalue weighted by Crippen LogP contribution is -2.07. The molecule has 4 rings (SSSR count). The molecule has 1 aromatic heterocycles. The van der Waals surface area contributed by atoms with E-state index < -0.39 is 0 Å². The van der Waals surface area contributed by atoms with Crippen LogP contribution >= 0.6 is 0 Å². The summed E-state index contributed by atoms with van der Waals surface area (Å²) in [5.74, 6) is 0.229. The van der Waals surface area contributed by atoms with E-state index in [1.54, 1.807) is 6.33 Å². The van der Waals surface area contributed by atoms with Crippen molar-refractivity contribution < 1.29 is 0 Å². The summed E-state index contributed by atoms with van der Waals surface area (Å²) in [7, 11) is 1.99. The van der Waals surface area contributed by atoms with Gasteiger partial charge in [-0.3, -0.25) is 0 Å². The SMILES string of the molecule is CCCc1cc2ncnc(C(CC)c3ccc(NC)c4ccccc34)c2cc1CCC. The first-order valence-corrected chi connectivity index (χ1v) is 11.7. The number of rotatable bonds is 8. The number of aryl methyl sites for hydroxylation is 2. The number of aromatic nitrogens is 2. The van der Waals surface area contributed by atoms with Crippen molar-refractivity contribution in [3.63, 3.8) is 0 Å². The van der Waals surface area contributed by atoms with Crippen LogP contribution in [0.5, 0.6) is 0 Å². The van der Waals surface area contributed by atoms with Gasteiger partial charge < -0.3 is 5.32 Å². The molecule has 0 aliphatic carbocycles. The van der Waals surface area contributed by atoms with E-state index in [2.05, 4.69) is 79.6 Å². The van der Waals surface area contributed by atoms with Crippen molar-refractivity contribution in [2.24, 2.45) is 0 Å². The van der Waals surface area contributed by atoms with Crippen LogP contribution in [0.2, 0.25) is 0 Å². The van der Waals surface area contributed by atoms with Crippen LogP contribution < -0.4 is 5.32 Å². The van der Waals surface area contributed by atoms with Gasteiger partial charge in [-0.05, 0) is 59.5 Å². The largest absolute Gasteiger partial charge is 0.388 e. The molecule has 3 aromatic carbocycles. The third kappa shape index (κ3) is 4.01. The molecule has 1 unspecified atom stereocenters. The number of fused-ring (bicyclic) bond motifs is 2. The fourth-order valence-corrected chi connectivity index (χ4v) is 4.90. The lowest BCUT2D eigenvalue weighted by molar-refractivity contribution is 0.759. The monoisotopic (exact) mass is 411 g/mol. The van der Waals surface area contributed by atoms with Gasteiger partial charge >= 0.3 is 0 Å². The third-order valence-electron chi connectivity index (χ3n) is 6.37. The Bertz CT molecular complexity index is 1200. The number of hydrogen-bond donors (Lipinski definition) is 1. The zero-order chi connectivity index (χ0) is 21.8. The molecular weight excluding hydrogens is 378 g/mol. The molecule has 4 aromatic rings. The molecule has 1 N–H and O–H groups in total. The predicted octanol–water partition coefficient (Wildman–Crippen LogP) is 7.27. The second kappa shape index (κ2) is 9.47. The summed E-state index contributed by atoms with van der Waals surface area (Å²) in [6.07, 6.45) is 7.27. The highest BCUT2D eigenvalue weighted by Gasteiger charge is 2.21. The fourth-order valence-electron chi connectivity index (χ4n) is 4.90. The van der Waals surface area contributed by atoms with Gasteiger partial charge in [-0.15, -0.1) is 0 Å². The molecule has 0 amide bonds. The van der Waals surface area contributed by atoms with Gasteiger partial charge in [-0.25, -0.2) is 9.97 Å². The Morgan fingerprint density at radius 2 is 1.52 bits per heavy atom. The smallest absolute Gasteiger partial charge is 0.116 e. The van der Waals surface area contributed by atoms with Crippen LogP contribution in [0.3, 0.4) is 0 Å². The van der Waals surface area contributed by atoms with Gasteiger partial charge in [0.05, 0.1) is 11.2 Å². The molecule has 3 nitrogen and oxygen atoms in total. The van der Waals surface area contributed by atoms with Gasteiger partial charge in [0, 0.05) is 29.4 Å². The molecule has 0 saturated heterocycles. The maximum Gasteiger partial charge on any atom is 0.116 e. The highest BCUT2D eigenvalue weighted by atomic mass is 14.8. The Kier molecular flexibility index (Phi) is 6.50. The van der Waals surface area contributed by atoms with Crippen molar-refractivity contribution >= 4 is 27.4 Å². The Balaban J connectivity index is 1.93. The average Bonchev–Trinajstić information content (AvgIpc) is 2.80. The highest BCUT2D eigenvalue weighted by Crippen LogP contribution is 2.38. The highest BCUT2D eigenvalue weighted by molar-refractivity contribution is 5.97. The van der Waals surface area contributed by atoms with Gasteiger partial charge in [0.25, 0.3) is 0 Å². The summed E-state index contributed by atoms with van der Waals surface area (Å²) in [5.41, 5.74) is 7.62. The number of benzene rings is 3. The molecule has 0 fully saturated rings. The van der Waals surface area contributed by atoms with Gasteiger partial charge in [0.15, 0.2) is 0 Å². The summed E-state index contributed by atoms with van der Waals surface area (Å²) in [5, 5.41) is 7.10. The van der Waals surface area contributed by atoms with E-state index in [-0.39, 0.29) is 5.92 Å². The maximum atomic E-state index is 4.85. The summed E-state index contributed by atoms with van der Waals surface area (Å²) in [6, 6.07) is 17.8. The minimum atomic E-state index is 0.229. The van der Waals surface area contributed by atoms with Crippen LogP contribution in [0, 0.1) is 0 Å². The van der Waals surface area contributed by atoms with E-state index in [0.29, 0.717) is 0 Å². The van der Waals surface area contributed by atoms with Gasteiger partial charge in [-0.2, -0.15) is 0 Å². The molecule has 31 heavy (non-hydrogen) atoms. The van der Waals surface area contributed by atoms with E-state index >= 15 is 0 Å². The normalized spacial score (nSPS) is 12.4. The van der Waals surface area contributed by atoms with Gasteiger partial charge in [-0.1, -0.05) is 63.9 Å². The molecule has 0 spiro atoms. The topological polar surface area (TPSA) is 37.8 Å². The second-order valence-corrected chi connectivity index (χ2v) is 8.36. The molecule has 0 saturated carbocycles. The van der Waals surface area contributed by atoms with Crippen LogP contribution in [-0.2, 0) is 12.8 Å². The molecule has 0 bridgehead atoms. The quantitative estimate of drug-likeness (QED) is 0.331. The first-order chi connectivity index (χ1) is 15.2. The van der Waals surface area contributed by atoms with Crippen LogP contribution in [0.25, 0.3) is 21.7 Å². The maximum absolute atomic E-state index is 4.85. The minimum absolute atomic E-state index is 0.229. The lowest BCUT2D eigenvalue weighted by atomic mass is 9.86. The molecule has 1 heterocycles. The average molecular weight is 412 g/mol. The first-order valence-electron chi connectivity index (χ1n) is 11.7. The molecule has 160 valence electrons. The molecule has 0 aliphatic heterocycles. The Morgan fingerprint density at radius 3 is 2.19 bits per heavy atom. The standard InChI is InChI=1S/C28H33N3/c1-5-10-19-16-25-27(17-20(19)11-6-2)30-18-31-28(25)21(7-3)23-14-15-26(29-4)24-13-9-8-12-22(23)24/h8-9,12-18,21,29H,5-7,10-11H2,1-4H3. The zero-order valence-electron chi connectivity index (χ0n) is 19.2. The Morgan fingerprint density at radius 1 is 0.806 bits per heavy atom. The summed E-state index contributed by atoms with van der Waals surface area (Å²) < 4.78 is 0. The second-order valence-electron chi connectivity index (χ2n) is 8.36. The van der Waals surface area contributed by atoms with Gasteiger partial charge in [0.2, 0.25) is 0 Å². The van der Waals surface area contributed by atoms with Crippen molar-refractivity contribution in [3.05, 3.63) is 77.2 Å². The summed E-state index contributed by atoms with van der Waals surface area (Å²) in [4.78, 5) is 9.52. The number of anilines is 1. The number of nitrogens with one attached hydrogen (secondary N) is 1. The lowest BCUT2D eigenvalue weighted by Gasteiger charge is -2.21. The summed E-state index contributed by atoms with van der Waals surface area (Å²) in [6.45, 7) is 6.77. The molecule has 1 atom stereocenters. The van der Waals surface area contributed by atoms with Crippen molar-refractivity contribution in [2.75, 3.05) is 12.4 Å². The molecular formula is C28H33N3. The fraction of sp³-hybridized carbons (Fsp3) is 0.357. The minimum Gasteiger partial charge on any atom is -0.388 e. The summed E-state index contributed by atoms with van der Waals surface area (Å²) >= 11 is 0. The Hall–Kier alpha value is -2.94. The van der Waals surface area contributed by atoms with E-state index in [1.807, 2.05) is 7.05 Å². The van der Waals surface area contributed by atoms with Crippen molar-refractivity contribution in [1.29, 1.82) is 0 Å². The Labute approximate surface area is 185 Å². The van der Waals surface area contributed by atoms with E-state index in [4.69, 9.17) is 4.98 Å². The molecule has 3 heteroatoms. The van der Waals surface area contributed by atoms with Crippen molar-refractivity contribution in [3.8, 4) is 0 Å². The van der Waals surface area contributed by atoms with Gasteiger partial charge in [0.1, 0.15) is 6.33 Å². The number of hydrogen-bond acceptors (Lipinski definition) is 3. The molecule has 0 radical (unpaired) electrons.